The number of amides is 1. The number of nitrogens with zero attached hydrogens (tertiary/aromatic N) is 1. The maximum atomic E-state index is 13.4. The van der Waals surface area contributed by atoms with Crippen molar-refractivity contribution in [1.82, 2.24) is 4.31 Å². The van der Waals surface area contributed by atoms with Crippen LogP contribution in [0.5, 0.6) is 11.5 Å². The van der Waals surface area contributed by atoms with Crippen LogP contribution < -0.4 is 14.8 Å². The molecule has 0 saturated heterocycles. The SMILES string of the molecule is COc1ccc(NC(=O)CN(Cc2cccc(Cl)c2)S(=O)(=O)c2ccc(C)cc2)c(OC)c1. The Bertz CT molecular complexity index is 1230. The Morgan fingerprint density at radius 2 is 1.73 bits per heavy atom. The molecule has 0 radical (unpaired) electrons. The molecule has 7 nitrogen and oxygen atoms in total. The molecular weight excluding hydrogens is 464 g/mol. The summed E-state index contributed by atoms with van der Waals surface area (Å²) in [5, 5.41) is 3.20. The van der Waals surface area contributed by atoms with E-state index in [9.17, 15) is 13.2 Å². The standard InChI is InChI=1S/C24H25ClN2O5S/c1-17-7-10-21(11-8-17)33(29,30)27(15-18-5-4-6-19(25)13-18)16-24(28)26-22-12-9-20(31-2)14-23(22)32-3/h4-14H,15-16H2,1-3H3,(H,26,28). The monoisotopic (exact) mass is 488 g/mol. The van der Waals surface area contributed by atoms with Crippen molar-refractivity contribution in [2.75, 3.05) is 26.1 Å². The van der Waals surface area contributed by atoms with Gasteiger partial charge in [-0.15, -0.1) is 0 Å². The molecule has 0 fully saturated rings. The van der Waals surface area contributed by atoms with Crippen LogP contribution in [0.1, 0.15) is 11.1 Å². The number of methoxy groups -OCH3 is 2. The predicted octanol–water partition coefficient (Wildman–Crippen LogP) is 4.50. The first kappa shape index (κ1) is 24.6. The first-order valence-corrected chi connectivity index (χ1v) is 11.9. The Morgan fingerprint density at radius 1 is 1.00 bits per heavy atom. The van der Waals surface area contributed by atoms with E-state index in [4.69, 9.17) is 21.1 Å². The summed E-state index contributed by atoms with van der Waals surface area (Å²) in [7, 11) is -0.970. The Balaban J connectivity index is 1.89. The molecule has 1 amide bonds. The lowest BCUT2D eigenvalue weighted by molar-refractivity contribution is -0.116. The van der Waals surface area contributed by atoms with Crippen LogP contribution in [-0.2, 0) is 21.4 Å². The maximum Gasteiger partial charge on any atom is 0.243 e. The van der Waals surface area contributed by atoms with E-state index in [-0.39, 0.29) is 11.4 Å². The van der Waals surface area contributed by atoms with Gasteiger partial charge in [-0.3, -0.25) is 4.79 Å². The number of carbonyl (C=O) groups excluding carboxylic acids is 1. The fourth-order valence-corrected chi connectivity index (χ4v) is 4.77. The van der Waals surface area contributed by atoms with Gasteiger partial charge in [0.15, 0.2) is 0 Å². The third-order valence-electron chi connectivity index (χ3n) is 4.91. The van der Waals surface area contributed by atoms with Gasteiger partial charge >= 0.3 is 0 Å². The molecule has 174 valence electrons. The van der Waals surface area contributed by atoms with Gasteiger partial charge in [0.05, 0.1) is 31.3 Å². The van der Waals surface area contributed by atoms with E-state index in [1.165, 1.54) is 26.4 Å². The highest BCUT2D eigenvalue weighted by atomic mass is 35.5. The summed E-state index contributed by atoms with van der Waals surface area (Å²) in [6.07, 6.45) is 0. The number of anilines is 1. The van der Waals surface area contributed by atoms with Crippen molar-refractivity contribution in [2.24, 2.45) is 0 Å². The molecule has 33 heavy (non-hydrogen) atoms. The highest BCUT2D eigenvalue weighted by molar-refractivity contribution is 7.89. The van der Waals surface area contributed by atoms with E-state index >= 15 is 0 Å². The molecule has 0 aliphatic rings. The lowest BCUT2D eigenvalue weighted by Crippen LogP contribution is -2.37. The van der Waals surface area contributed by atoms with Crippen molar-refractivity contribution in [3.63, 3.8) is 0 Å². The Kier molecular flexibility index (Phi) is 7.97. The first-order valence-electron chi connectivity index (χ1n) is 10.1. The summed E-state index contributed by atoms with van der Waals surface area (Å²) in [6.45, 7) is 1.44. The summed E-state index contributed by atoms with van der Waals surface area (Å²) < 4.78 is 38.4. The molecule has 0 heterocycles. The molecule has 0 bridgehead atoms. The number of ether oxygens (including phenoxy) is 2. The molecule has 0 aromatic heterocycles. The summed E-state index contributed by atoms with van der Waals surface area (Å²) in [5.41, 5.74) is 1.99. The molecule has 0 atom stereocenters. The Labute approximate surface area is 198 Å². The molecule has 0 spiro atoms. The zero-order chi connectivity index (χ0) is 24.0. The first-order chi connectivity index (χ1) is 15.7. The molecule has 0 aliphatic carbocycles. The minimum atomic E-state index is -3.96. The van der Waals surface area contributed by atoms with Gasteiger partial charge < -0.3 is 14.8 Å². The number of aryl methyl sites for hydroxylation is 1. The molecule has 3 aromatic carbocycles. The smallest absolute Gasteiger partial charge is 0.243 e. The van der Waals surface area contributed by atoms with Crippen LogP contribution in [0.15, 0.2) is 71.6 Å². The molecule has 3 aromatic rings. The second-order valence-electron chi connectivity index (χ2n) is 7.33. The number of carbonyl (C=O) groups is 1. The normalized spacial score (nSPS) is 11.3. The van der Waals surface area contributed by atoms with Gasteiger partial charge in [0.25, 0.3) is 0 Å². The topological polar surface area (TPSA) is 84.9 Å². The summed E-state index contributed by atoms with van der Waals surface area (Å²) in [4.78, 5) is 13.0. The van der Waals surface area contributed by atoms with Gasteiger partial charge in [-0.2, -0.15) is 4.31 Å². The Morgan fingerprint density at radius 3 is 2.36 bits per heavy atom. The largest absolute Gasteiger partial charge is 0.497 e. The van der Waals surface area contributed by atoms with E-state index < -0.39 is 22.5 Å². The second kappa shape index (κ2) is 10.7. The van der Waals surface area contributed by atoms with Crippen molar-refractivity contribution in [1.29, 1.82) is 0 Å². The number of halogens is 1. The molecule has 0 aliphatic heterocycles. The van der Waals surface area contributed by atoms with E-state index in [1.807, 2.05) is 6.92 Å². The number of hydrogen-bond acceptors (Lipinski definition) is 5. The second-order valence-corrected chi connectivity index (χ2v) is 9.70. The zero-order valence-corrected chi connectivity index (χ0v) is 20.1. The van der Waals surface area contributed by atoms with Gasteiger partial charge in [-0.1, -0.05) is 41.4 Å². The molecule has 9 heteroatoms. The lowest BCUT2D eigenvalue weighted by Gasteiger charge is -2.22. The highest BCUT2D eigenvalue weighted by Gasteiger charge is 2.27. The summed E-state index contributed by atoms with van der Waals surface area (Å²) in [5.74, 6) is 0.441. The van der Waals surface area contributed by atoms with Crippen molar-refractivity contribution in [2.45, 2.75) is 18.4 Å². The third kappa shape index (κ3) is 6.25. The maximum absolute atomic E-state index is 13.4. The van der Waals surface area contributed by atoms with E-state index in [1.54, 1.807) is 54.6 Å². The number of sulfonamides is 1. The summed E-state index contributed by atoms with van der Waals surface area (Å²) >= 11 is 6.08. The van der Waals surface area contributed by atoms with Crippen molar-refractivity contribution >= 4 is 33.2 Å². The fourth-order valence-electron chi connectivity index (χ4n) is 3.18. The van der Waals surface area contributed by atoms with Gasteiger partial charge in [0, 0.05) is 17.6 Å². The minimum Gasteiger partial charge on any atom is -0.497 e. The zero-order valence-electron chi connectivity index (χ0n) is 18.5. The van der Waals surface area contributed by atoms with E-state index in [0.29, 0.717) is 27.8 Å². The highest BCUT2D eigenvalue weighted by Crippen LogP contribution is 2.29. The average molecular weight is 489 g/mol. The average Bonchev–Trinajstić information content (AvgIpc) is 2.79. The third-order valence-corrected chi connectivity index (χ3v) is 6.95. The number of hydrogen-bond donors (Lipinski definition) is 1. The van der Waals surface area contributed by atoms with Gasteiger partial charge in [-0.25, -0.2) is 8.42 Å². The summed E-state index contributed by atoms with van der Waals surface area (Å²) in [6, 6.07) is 18.3. The van der Waals surface area contributed by atoms with Crippen LogP contribution in [0.4, 0.5) is 5.69 Å². The van der Waals surface area contributed by atoms with Crippen LogP contribution in [-0.4, -0.2) is 39.4 Å². The van der Waals surface area contributed by atoms with Crippen LogP contribution in [0.2, 0.25) is 5.02 Å². The van der Waals surface area contributed by atoms with Gasteiger partial charge in [0.1, 0.15) is 11.5 Å². The number of nitrogens with one attached hydrogen (secondary N) is 1. The predicted molar refractivity (Wildman–Crippen MR) is 128 cm³/mol. The van der Waals surface area contributed by atoms with Crippen molar-refractivity contribution < 1.29 is 22.7 Å². The Hall–Kier alpha value is -3.07. The quantitative estimate of drug-likeness (QED) is 0.479. The van der Waals surface area contributed by atoms with Crippen LogP contribution in [0, 0.1) is 6.92 Å². The van der Waals surface area contributed by atoms with Crippen LogP contribution >= 0.6 is 11.6 Å². The van der Waals surface area contributed by atoms with E-state index in [0.717, 1.165) is 9.87 Å². The number of benzene rings is 3. The van der Waals surface area contributed by atoms with E-state index in [2.05, 4.69) is 5.32 Å². The van der Waals surface area contributed by atoms with Crippen LogP contribution in [0.3, 0.4) is 0 Å². The van der Waals surface area contributed by atoms with Gasteiger partial charge in [0.2, 0.25) is 15.9 Å². The molecule has 1 N–H and O–H groups in total. The molecule has 3 rings (SSSR count). The fraction of sp³-hybridized carbons (Fsp3) is 0.208. The minimum absolute atomic E-state index is 0.0239. The molecule has 0 saturated carbocycles. The van der Waals surface area contributed by atoms with Gasteiger partial charge in [-0.05, 0) is 48.9 Å². The lowest BCUT2D eigenvalue weighted by atomic mass is 10.2. The number of rotatable bonds is 9. The van der Waals surface area contributed by atoms with Crippen molar-refractivity contribution in [3.8, 4) is 11.5 Å². The van der Waals surface area contributed by atoms with Crippen LogP contribution in [0.25, 0.3) is 0 Å². The molecular formula is C24H25ClN2O5S. The van der Waals surface area contributed by atoms with Crippen molar-refractivity contribution in [3.05, 3.63) is 82.9 Å². The molecule has 0 unspecified atom stereocenters.